The van der Waals surface area contributed by atoms with Gasteiger partial charge >= 0.3 is 5.97 Å². The predicted octanol–water partition coefficient (Wildman–Crippen LogP) is 3.00. The molecule has 0 saturated carbocycles. The summed E-state index contributed by atoms with van der Waals surface area (Å²) in [7, 11) is 1.90. The summed E-state index contributed by atoms with van der Waals surface area (Å²) in [6.45, 7) is 4.55. The SMILES string of the molecule is CC(C)c1nc(N(C)Cc2cccnc2)sc1C(=O)O. The van der Waals surface area contributed by atoms with Gasteiger partial charge < -0.3 is 10.0 Å². The Labute approximate surface area is 121 Å². The van der Waals surface area contributed by atoms with E-state index in [0.717, 1.165) is 10.7 Å². The number of carboxylic acid groups (broad SMARTS) is 1. The maximum atomic E-state index is 11.3. The van der Waals surface area contributed by atoms with E-state index in [2.05, 4.69) is 9.97 Å². The smallest absolute Gasteiger partial charge is 0.347 e. The largest absolute Gasteiger partial charge is 0.477 e. The van der Waals surface area contributed by atoms with Gasteiger partial charge in [0.25, 0.3) is 0 Å². The molecule has 0 aliphatic rings. The van der Waals surface area contributed by atoms with Gasteiger partial charge in [0, 0.05) is 26.0 Å². The van der Waals surface area contributed by atoms with Gasteiger partial charge in [0.2, 0.25) is 0 Å². The Kier molecular flexibility index (Phi) is 4.34. The zero-order valence-corrected chi connectivity index (χ0v) is 12.5. The zero-order chi connectivity index (χ0) is 14.7. The van der Waals surface area contributed by atoms with Crippen molar-refractivity contribution < 1.29 is 9.90 Å². The lowest BCUT2D eigenvalue weighted by molar-refractivity contribution is 0.0700. The third-order valence-corrected chi connectivity index (χ3v) is 4.03. The molecule has 2 heterocycles. The second-order valence-electron chi connectivity index (χ2n) is 4.89. The molecular formula is C14H17N3O2S. The molecule has 0 radical (unpaired) electrons. The van der Waals surface area contributed by atoms with Crippen LogP contribution in [0.4, 0.5) is 5.13 Å². The number of aromatic carboxylic acids is 1. The van der Waals surface area contributed by atoms with Crippen LogP contribution in [-0.2, 0) is 6.54 Å². The van der Waals surface area contributed by atoms with Gasteiger partial charge in [0.15, 0.2) is 5.13 Å². The van der Waals surface area contributed by atoms with Crippen LogP contribution in [0.25, 0.3) is 0 Å². The molecule has 0 atom stereocenters. The average Bonchev–Trinajstić information content (AvgIpc) is 2.85. The number of aromatic nitrogens is 2. The molecule has 2 aromatic heterocycles. The van der Waals surface area contributed by atoms with Crippen LogP contribution in [-0.4, -0.2) is 28.1 Å². The van der Waals surface area contributed by atoms with Crippen molar-refractivity contribution in [2.45, 2.75) is 26.3 Å². The molecule has 1 N–H and O–H groups in total. The number of carbonyl (C=O) groups is 1. The minimum atomic E-state index is -0.910. The quantitative estimate of drug-likeness (QED) is 0.917. The number of rotatable bonds is 5. The van der Waals surface area contributed by atoms with Crippen molar-refractivity contribution in [1.29, 1.82) is 0 Å². The first kappa shape index (κ1) is 14.5. The number of carboxylic acids is 1. The lowest BCUT2D eigenvalue weighted by Crippen LogP contribution is -2.16. The Balaban J connectivity index is 2.24. The fourth-order valence-electron chi connectivity index (χ4n) is 1.86. The molecule has 2 rings (SSSR count). The molecular weight excluding hydrogens is 274 g/mol. The van der Waals surface area contributed by atoms with Crippen LogP contribution < -0.4 is 4.90 Å². The summed E-state index contributed by atoms with van der Waals surface area (Å²) in [4.78, 5) is 22.1. The molecule has 0 aliphatic heterocycles. The third kappa shape index (κ3) is 3.14. The van der Waals surface area contributed by atoms with Gasteiger partial charge in [0.1, 0.15) is 4.88 Å². The Morgan fingerprint density at radius 1 is 1.50 bits per heavy atom. The topological polar surface area (TPSA) is 66.3 Å². The second kappa shape index (κ2) is 6.00. The predicted molar refractivity (Wildman–Crippen MR) is 79.5 cm³/mol. The van der Waals surface area contributed by atoms with Gasteiger partial charge in [-0.05, 0) is 17.5 Å². The summed E-state index contributed by atoms with van der Waals surface area (Å²) < 4.78 is 0. The van der Waals surface area contributed by atoms with Crippen molar-refractivity contribution in [2.75, 3.05) is 11.9 Å². The van der Waals surface area contributed by atoms with E-state index in [-0.39, 0.29) is 5.92 Å². The van der Waals surface area contributed by atoms with Crippen LogP contribution in [0.5, 0.6) is 0 Å². The van der Waals surface area contributed by atoms with E-state index in [4.69, 9.17) is 0 Å². The zero-order valence-electron chi connectivity index (χ0n) is 11.7. The molecule has 0 saturated heterocycles. The van der Waals surface area contributed by atoms with Gasteiger partial charge in [-0.1, -0.05) is 31.3 Å². The first-order valence-corrected chi connectivity index (χ1v) is 7.14. The van der Waals surface area contributed by atoms with E-state index < -0.39 is 5.97 Å². The van der Waals surface area contributed by atoms with E-state index >= 15 is 0 Å². The highest BCUT2D eigenvalue weighted by molar-refractivity contribution is 7.17. The number of anilines is 1. The van der Waals surface area contributed by atoms with Crippen LogP contribution in [0.15, 0.2) is 24.5 Å². The molecule has 0 amide bonds. The number of pyridine rings is 1. The Morgan fingerprint density at radius 3 is 2.75 bits per heavy atom. The molecule has 2 aromatic rings. The van der Waals surface area contributed by atoms with Crippen LogP contribution in [0.3, 0.4) is 0 Å². The number of hydrogen-bond donors (Lipinski definition) is 1. The van der Waals surface area contributed by atoms with Gasteiger partial charge in [-0.15, -0.1) is 0 Å². The van der Waals surface area contributed by atoms with Gasteiger partial charge in [-0.2, -0.15) is 0 Å². The highest BCUT2D eigenvalue weighted by atomic mass is 32.1. The fourth-order valence-corrected chi connectivity index (χ4v) is 2.88. The highest BCUT2D eigenvalue weighted by Crippen LogP contribution is 2.30. The summed E-state index contributed by atoms with van der Waals surface area (Å²) in [5.74, 6) is -0.815. The fraction of sp³-hybridized carbons (Fsp3) is 0.357. The first-order valence-electron chi connectivity index (χ1n) is 6.33. The third-order valence-electron chi connectivity index (χ3n) is 2.85. The summed E-state index contributed by atoms with van der Waals surface area (Å²) in [6.07, 6.45) is 3.53. The monoisotopic (exact) mass is 291 g/mol. The highest BCUT2D eigenvalue weighted by Gasteiger charge is 2.21. The van der Waals surface area contributed by atoms with Crippen molar-refractivity contribution in [3.63, 3.8) is 0 Å². The van der Waals surface area contributed by atoms with Crippen molar-refractivity contribution in [3.8, 4) is 0 Å². The molecule has 106 valence electrons. The van der Waals surface area contributed by atoms with Crippen molar-refractivity contribution in [2.24, 2.45) is 0 Å². The van der Waals surface area contributed by atoms with Gasteiger partial charge in [0.05, 0.1) is 5.69 Å². The van der Waals surface area contributed by atoms with Crippen LogP contribution >= 0.6 is 11.3 Å². The lowest BCUT2D eigenvalue weighted by Gasteiger charge is -2.15. The van der Waals surface area contributed by atoms with E-state index in [0.29, 0.717) is 17.1 Å². The van der Waals surface area contributed by atoms with Crippen molar-refractivity contribution in [3.05, 3.63) is 40.7 Å². The summed E-state index contributed by atoms with van der Waals surface area (Å²) in [6, 6.07) is 3.87. The van der Waals surface area contributed by atoms with E-state index in [1.165, 1.54) is 11.3 Å². The minimum absolute atomic E-state index is 0.0953. The second-order valence-corrected chi connectivity index (χ2v) is 5.87. The van der Waals surface area contributed by atoms with Crippen LogP contribution in [0.1, 0.15) is 40.7 Å². The lowest BCUT2D eigenvalue weighted by atomic mass is 10.1. The Bertz CT molecular complexity index is 596. The summed E-state index contributed by atoms with van der Waals surface area (Å²) in [5.41, 5.74) is 1.71. The number of hydrogen-bond acceptors (Lipinski definition) is 5. The van der Waals surface area contributed by atoms with Crippen molar-refractivity contribution >= 4 is 22.4 Å². The van der Waals surface area contributed by atoms with Gasteiger partial charge in [-0.25, -0.2) is 9.78 Å². The van der Waals surface area contributed by atoms with E-state index in [1.807, 2.05) is 37.9 Å². The standard InChI is InChI=1S/C14H17N3O2S/c1-9(2)11-12(13(18)19)20-14(16-11)17(3)8-10-5-4-6-15-7-10/h4-7,9H,8H2,1-3H3,(H,18,19). The normalized spacial score (nSPS) is 10.8. The van der Waals surface area contributed by atoms with Crippen molar-refractivity contribution in [1.82, 2.24) is 9.97 Å². The molecule has 0 aromatic carbocycles. The maximum absolute atomic E-state index is 11.3. The Morgan fingerprint density at radius 2 is 2.25 bits per heavy atom. The van der Waals surface area contributed by atoms with E-state index in [9.17, 15) is 9.90 Å². The summed E-state index contributed by atoms with van der Waals surface area (Å²) >= 11 is 1.22. The molecule has 6 heteroatoms. The molecule has 20 heavy (non-hydrogen) atoms. The maximum Gasteiger partial charge on any atom is 0.347 e. The number of nitrogens with zero attached hydrogens (tertiary/aromatic N) is 3. The first-order chi connectivity index (χ1) is 9.49. The average molecular weight is 291 g/mol. The molecule has 0 aliphatic carbocycles. The molecule has 0 spiro atoms. The van der Waals surface area contributed by atoms with Gasteiger partial charge in [-0.3, -0.25) is 4.98 Å². The van der Waals surface area contributed by atoms with E-state index in [1.54, 1.807) is 12.4 Å². The number of thiazole rings is 1. The Hall–Kier alpha value is -1.95. The molecule has 5 nitrogen and oxygen atoms in total. The summed E-state index contributed by atoms with van der Waals surface area (Å²) in [5, 5.41) is 9.96. The van der Waals surface area contributed by atoms with Crippen LogP contribution in [0, 0.1) is 0 Å². The minimum Gasteiger partial charge on any atom is -0.477 e. The van der Waals surface area contributed by atoms with Crippen LogP contribution in [0.2, 0.25) is 0 Å². The molecule has 0 fully saturated rings. The molecule has 0 bridgehead atoms. The molecule has 0 unspecified atom stereocenters.